The van der Waals surface area contributed by atoms with Gasteiger partial charge in [0.1, 0.15) is 6.04 Å². The molecule has 0 aromatic heterocycles. The van der Waals surface area contributed by atoms with E-state index >= 15 is 0 Å². The van der Waals surface area contributed by atoms with Gasteiger partial charge < -0.3 is 20.1 Å². The van der Waals surface area contributed by atoms with Gasteiger partial charge >= 0.3 is 5.97 Å². The molecule has 2 N–H and O–H groups in total. The Labute approximate surface area is 166 Å². The van der Waals surface area contributed by atoms with Gasteiger partial charge in [0.25, 0.3) is 0 Å². The standard InChI is InChI=1S/C21H30N2O5/c1-14-5-7-15(8-6-14)12-23-13-16(11-18(23)24)19(25)22-17(20(26)27)9-10-28-21(2,3)4/h5-8,16-17H,9-13H2,1-4H3,(H,22,25)(H,26,27). The molecule has 1 aliphatic heterocycles. The monoisotopic (exact) mass is 390 g/mol. The fourth-order valence-electron chi connectivity index (χ4n) is 3.04. The van der Waals surface area contributed by atoms with Crippen molar-refractivity contribution in [2.24, 2.45) is 5.92 Å². The summed E-state index contributed by atoms with van der Waals surface area (Å²) in [6.07, 6.45) is 0.272. The number of carboxylic acid groups (broad SMARTS) is 1. The topological polar surface area (TPSA) is 95.9 Å². The molecule has 1 fully saturated rings. The van der Waals surface area contributed by atoms with E-state index in [4.69, 9.17) is 4.74 Å². The van der Waals surface area contributed by atoms with Crippen molar-refractivity contribution in [1.29, 1.82) is 0 Å². The quantitative estimate of drug-likeness (QED) is 0.709. The second-order valence-electron chi connectivity index (χ2n) is 8.31. The van der Waals surface area contributed by atoms with Crippen molar-refractivity contribution >= 4 is 17.8 Å². The zero-order valence-electron chi connectivity index (χ0n) is 17.0. The molecular weight excluding hydrogens is 360 g/mol. The summed E-state index contributed by atoms with van der Waals surface area (Å²) in [4.78, 5) is 37.9. The molecule has 1 aliphatic rings. The third-order valence-corrected chi connectivity index (χ3v) is 4.64. The Balaban J connectivity index is 1.89. The minimum Gasteiger partial charge on any atom is -0.480 e. The van der Waals surface area contributed by atoms with E-state index in [0.717, 1.165) is 11.1 Å². The summed E-state index contributed by atoms with van der Waals surface area (Å²) in [6.45, 7) is 8.62. The first-order valence-corrected chi connectivity index (χ1v) is 9.55. The number of aliphatic carboxylic acids is 1. The van der Waals surface area contributed by atoms with Crippen LogP contribution >= 0.6 is 0 Å². The zero-order chi connectivity index (χ0) is 20.9. The second kappa shape index (κ2) is 9.19. The van der Waals surface area contributed by atoms with Gasteiger partial charge in [-0.05, 0) is 33.3 Å². The van der Waals surface area contributed by atoms with Crippen LogP contribution < -0.4 is 5.32 Å². The van der Waals surface area contributed by atoms with Crippen LogP contribution in [0.15, 0.2) is 24.3 Å². The van der Waals surface area contributed by atoms with E-state index in [-0.39, 0.29) is 31.0 Å². The number of carbonyl (C=O) groups excluding carboxylic acids is 2. The Morgan fingerprint density at radius 3 is 2.50 bits per heavy atom. The van der Waals surface area contributed by atoms with Gasteiger partial charge in [-0.3, -0.25) is 9.59 Å². The molecule has 2 atom stereocenters. The van der Waals surface area contributed by atoms with Crippen LogP contribution in [0.5, 0.6) is 0 Å². The van der Waals surface area contributed by atoms with E-state index in [2.05, 4.69) is 5.32 Å². The molecule has 1 aromatic carbocycles. The van der Waals surface area contributed by atoms with Crippen LogP contribution in [0.4, 0.5) is 0 Å². The van der Waals surface area contributed by atoms with Gasteiger partial charge in [-0.25, -0.2) is 4.79 Å². The molecule has 0 aliphatic carbocycles. The Hall–Kier alpha value is -2.41. The molecule has 1 aromatic rings. The van der Waals surface area contributed by atoms with E-state index in [1.807, 2.05) is 52.0 Å². The Morgan fingerprint density at radius 1 is 1.29 bits per heavy atom. The number of carbonyl (C=O) groups is 3. The Bertz CT molecular complexity index is 709. The average molecular weight is 390 g/mol. The third kappa shape index (κ3) is 6.64. The van der Waals surface area contributed by atoms with Crippen LogP contribution in [0, 0.1) is 12.8 Å². The van der Waals surface area contributed by atoms with Gasteiger partial charge in [-0.2, -0.15) is 0 Å². The van der Waals surface area contributed by atoms with E-state index in [0.29, 0.717) is 13.1 Å². The Morgan fingerprint density at radius 2 is 1.93 bits per heavy atom. The van der Waals surface area contributed by atoms with Crippen LogP contribution in [0.2, 0.25) is 0 Å². The fraction of sp³-hybridized carbons (Fsp3) is 0.571. The molecule has 0 spiro atoms. The minimum absolute atomic E-state index is 0.0938. The number of ether oxygens (including phenoxy) is 1. The summed E-state index contributed by atoms with van der Waals surface area (Å²) >= 11 is 0. The lowest BCUT2D eigenvalue weighted by Crippen LogP contribution is -2.45. The van der Waals surface area contributed by atoms with E-state index in [1.54, 1.807) is 4.90 Å². The number of nitrogens with one attached hydrogen (secondary N) is 1. The summed E-state index contributed by atoms with van der Waals surface area (Å²) in [5, 5.41) is 11.9. The maximum atomic E-state index is 12.5. The number of carboxylic acids is 1. The molecular formula is C21H30N2O5. The summed E-state index contributed by atoms with van der Waals surface area (Å²) in [7, 11) is 0. The van der Waals surface area contributed by atoms with E-state index in [9.17, 15) is 19.5 Å². The first kappa shape index (κ1) is 21.9. The molecule has 2 amide bonds. The van der Waals surface area contributed by atoms with Gasteiger partial charge in [0.05, 0.1) is 11.5 Å². The number of hydrogen-bond donors (Lipinski definition) is 2. The fourth-order valence-corrected chi connectivity index (χ4v) is 3.04. The molecule has 28 heavy (non-hydrogen) atoms. The molecule has 1 heterocycles. The van der Waals surface area contributed by atoms with E-state index < -0.39 is 23.8 Å². The van der Waals surface area contributed by atoms with Crippen LogP contribution in [-0.2, 0) is 25.7 Å². The molecule has 0 bridgehead atoms. The van der Waals surface area contributed by atoms with Crippen molar-refractivity contribution in [2.45, 2.75) is 58.7 Å². The largest absolute Gasteiger partial charge is 0.480 e. The van der Waals surface area contributed by atoms with Gasteiger partial charge in [0.2, 0.25) is 11.8 Å². The van der Waals surface area contributed by atoms with Crippen molar-refractivity contribution < 1.29 is 24.2 Å². The highest BCUT2D eigenvalue weighted by Gasteiger charge is 2.35. The predicted molar refractivity (Wildman–Crippen MR) is 105 cm³/mol. The molecule has 1 saturated heterocycles. The first-order chi connectivity index (χ1) is 13.0. The van der Waals surface area contributed by atoms with Crippen LogP contribution in [-0.4, -0.2) is 52.6 Å². The zero-order valence-corrected chi connectivity index (χ0v) is 17.0. The molecule has 0 saturated carbocycles. The lowest BCUT2D eigenvalue weighted by molar-refractivity contribution is -0.143. The molecule has 2 unspecified atom stereocenters. The summed E-state index contributed by atoms with van der Waals surface area (Å²) < 4.78 is 5.55. The number of likely N-dealkylation sites (tertiary alicyclic amines) is 1. The first-order valence-electron chi connectivity index (χ1n) is 9.55. The Kier molecular flexibility index (Phi) is 7.18. The highest BCUT2D eigenvalue weighted by atomic mass is 16.5. The maximum absolute atomic E-state index is 12.5. The van der Waals surface area contributed by atoms with Gasteiger partial charge in [0.15, 0.2) is 0 Å². The number of nitrogens with zero attached hydrogens (tertiary/aromatic N) is 1. The average Bonchev–Trinajstić information content (AvgIpc) is 2.95. The smallest absolute Gasteiger partial charge is 0.326 e. The highest BCUT2D eigenvalue weighted by molar-refractivity contribution is 5.91. The highest BCUT2D eigenvalue weighted by Crippen LogP contribution is 2.21. The normalized spacial score (nSPS) is 18.2. The van der Waals surface area contributed by atoms with Gasteiger partial charge in [0, 0.05) is 32.5 Å². The van der Waals surface area contributed by atoms with Gasteiger partial charge in [-0.15, -0.1) is 0 Å². The van der Waals surface area contributed by atoms with Crippen molar-refractivity contribution in [3.63, 3.8) is 0 Å². The van der Waals surface area contributed by atoms with Crippen molar-refractivity contribution in [1.82, 2.24) is 10.2 Å². The minimum atomic E-state index is -1.10. The van der Waals surface area contributed by atoms with Crippen LogP contribution in [0.1, 0.15) is 44.7 Å². The molecule has 7 heteroatoms. The number of hydrogen-bond acceptors (Lipinski definition) is 4. The maximum Gasteiger partial charge on any atom is 0.326 e. The summed E-state index contributed by atoms with van der Waals surface area (Å²) in [5.74, 6) is -2.14. The predicted octanol–water partition coefficient (Wildman–Crippen LogP) is 2.12. The SMILES string of the molecule is Cc1ccc(CN2CC(C(=O)NC(CCOC(C)(C)C)C(=O)O)CC2=O)cc1. The van der Waals surface area contributed by atoms with Crippen LogP contribution in [0.25, 0.3) is 0 Å². The summed E-state index contributed by atoms with van der Waals surface area (Å²) in [5.41, 5.74) is 1.77. The van der Waals surface area contributed by atoms with E-state index in [1.165, 1.54) is 0 Å². The molecule has 7 nitrogen and oxygen atoms in total. The second-order valence-corrected chi connectivity index (χ2v) is 8.31. The number of benzene rings is 1. The van der Waals surface area contributed by atoms with Crippen molar-refractivity contribution in [3.05, 3.63) is 35.4 Å². The molecule has 0 radical (unpaired) electrons. The van der Waals surface area contributed by atoms with Crippen molar-refractivity contribution in [2.75, 3.05) is 13.2 Å². The summed E-state index contributed by atoms with van der Waals surface area (Å²) in [6, 6.07) is 6.86. The lowest BCUT2D eigenvalue weighted by atomic mass is 10.1. The molecule has 154 valence electrons. The van der Waals surface area contributed by atoms with Crippen LogP contribution in [0.3, 0.4) is 0 Å². The third-order valence-electron chi connectivity index (χ3n) is 4.64. The number of rotatable bonds is 8. The van der Waals surface area contributed by atoms with Gasteiger partial charge in [-0.1, -0.05) is 29.8 Å². The number of amides is 2. The lowest BCUT2D eigenvalue weighted by Gasteiger charge is -2.22. The number of aryl methyl sites for hydroxylation is 1. The molecule has 2 rings (SSSR count). The van der Waals surface area contributed by atoms with Crippen molar-refractivity contribution in [3.8, 4) is 0 Å².